The third kappa shape index (κ3) is 5.06. The molecule has 0 radical (unpaired) electrons. The lowest BCUT2D eigenvalue weighted by atomic mass is 10.00. The number of benzene rings is 1. The first kappa shape index (κ1) is 18.0. The summed E-state index contributed by atoms with van der Waals surface area (Å²) in [6.45, 7) is 7.63. The van der Waals surface area contributed by atoms with Crippen LogP contribution in [0.4, 0.5) is 14.5 Å². The number of ether oxygens (including phenoxy) is 2. The lowest BCUT2D eigenvalue weighted by molar-refractivity contribution is -0.158. The molecule has 0 aromatic heterocycles. The van der Waals surface area contributed by atoms with Crippen LogP contribution < -0.4 is 9.64 Å². The molecule has 3 nitrogen and oxygen atoms in total. The third-order valence-electron chi connectivity index (χ3n) is 4.37. The largest absolute Gasteiger partial charge is 0.433 e. The summed E-state index contributed by atoms with van der Waals surface area (Å²) in [6.07, 6.45) is 1.04. The van der Waals surface area contributed by atoms with Gasteiger partial charge in [0.1, 0.15) is 5.75 Å². The van der Waals surface area contributed by atoms with Gasteiger partial charge in [-0.2, -0.15) is 8.78 Å². The maximum atomic E-state index is 12.9. The highest BCUT2D eigenvalue weighted by atomic mass is 19.3. The molecule has 1 saturated heterocycles. The van der Waals surface area contributed by atoms with Crippen molar-refractivity contribution in [2.45, 2.75) is 58.2 Å². The van der Waals surface area contributed by atoms with Crippen molar-refractivity contribution in [1.29, 1.82) is 0 Å². The fraction of sp³-hybridized carbons (Fsp3) is 0.667. The van der Waals surface area contributed by atoms with E-state index in [2.05, 4.69) is 23.5 Å². The Kier molecular flexibility index (Phi) is 5.84. The molecule has 1 fully saturated rings. The maximum absolute atomic E-state index is 12.9. The quantitative estimate of drug-likeness (QED) is 0.637. The highest BCUT2D eigenvalue weighted by Crippen LogP contribution is 2.33. The maximum Gasteiger partial charge on any atom is 0.394 e. The van der Waals surface area contributed by atoms with Gasteiger partial charge in [0.25, 0.3) is 0 Å². The van der Waals surface area contributed by atoms with Crippen molar-refractivity contribution in [2.75, 3.05) is 24.6 Å². The van der Waals surface area contributed by atoms with Gasteiger partial charge in [0.05, 0.1) is 5.60 Å². The highest BCUT2D eigenvalue weighted by Gasteiger charge is 2.37. The molecule has 1 heterocycles. The summed E-state index contributed by atoms with van der Waals surface area (Å²) >= 11 is 0. The van der Waals surface area contributed by atoms with Crippen LogP contribution in [0.25, 0.3) is 0 Å². The Morgan fingerprint density at radius 1 is 1.22 bits per heavy atom. The van der Waals surface area contributed by atoms with Crippen molar-refractivity contribution < 1.29 is 18.3 Å². The molecule has 0 amide bonds. The molecule has 0 bridgehead atoms. The molecule has 0 spiro atoms. The number of anilines is 1. The van der Waals surface area contributed by atoms with Gasteiger partial charge in [-0.15, -0.1) is 0 Å². The highest BCUT2D eigenvalue weighted by molar-refractivity contribution is 5.50. The molecule has 1 aromatic carbocycles. The van der Waals surface area contributed by atoms with Crippen molar-refractivity contribution >= 4 is 5.69 Å². The van der Waals surface area contributed by atoms with Gasteiger partial charge in [0.2, 0.25) is 0 Å². The van der Waals surface area contributed by atoms with E-state index in [-0.39, 0.29) is 11.4 Å². The summed E-state index contributed by atoms with van der Waals surface area (Å²) < 4.78 is 36.4. The van der Waals surface area contributed by atoms with Gasteiger partial charge in [-0.05, 0) is 43.5 Å². The molecule has 2 rings (SSSR count). The molecule has 0 saturated carbocycles. The van der Waals surface area contributed by atoms with E-state index in [1.165, 1.54) is 0 Å². The number of nitrogens with zero attached hydrogens (tertiary/aromatic N) is 1. The summed E-state index contributed by atoms with van der Waals surface area (Å²) in [7, 11) is 0. The van der Waals surface area contributed by atoms with Crippen LogP contribution in [0.2, 0.25) is 0 Å². The van der Waals surface area contributed by atoms with E-state index in [9.17, 15) is 8.78 Å². The summed E-state index contributed by atoms with van der Waals surface area (Å²) in [5, 5.41) is 0. The molecule has 5 heteroatoms. The van der Waals surface area contributed by atoms with E-state index in [1.807, 2.05) is 12.1 Å². The average molecular weight is 327 g/mol. The Morgan fingerprint density at radius 3 is 2.48 bits per heavy atom. The molecule has 1 aromatic rings. The van der Waals surface area contributed by atoms with Crippen molar-refractivity contribution in [3.63, 3.8) is 0 Å². The molecular weight excluding hydrogens is 300 g/mol. The molecule has 23 heavy (non-hydrogen) atoms. The molecule has 0 aliphatic carbocycles. The number of hydrogen-bond acceptors (Lipinski definition) is 3. The van der Waals surface area contributed by atoms with Crippen molar-refractivity contribution in [3.05, 3.63) is 24.3 Å². The lowest BCUT2D eigenvalue weighted by Crippen LogP contribution is -2.36. The SMILES string of the molecule is CCCCOC1(CC)CCN(c2ccc(OC(C)(F)F)cc2)C1. The number of alkyl halides is 2. The summed E-state index contributed by atoms with van der Waals surface area (Å²) in [5.74, 6) is 0.182. The van der Waals surface area contributed by atoms with Crippen molar-refractivity contribution in [2.24, 2.45) is 0 Å². The minimum atomic E-state index is -3.15. The van der Waals surface area contributed by atoms with Crippen molar-refractivity contribution in [1.82, 2.24) is 0 Å². The van der Waals surface area contributed by atoms with Crippen LogP contribution in [0.3, 0.4) is 0 Å². The van der Waals surface area contributed by atoms with E-state index in [0.717, 1.165) is 58.0 Å². The second-order valence-electron chi connectivity index (χ2n) is 6.31. The molecule has 1 aliphatic heterocycles. The zero-order valence-corrected chi connectivity index (χ0v) is 14.3. The van der Waals surface area contributed by atoms with Crippen LogP contribution in [-0.2, 0) is 4.74 Å². The lowest BCUT2D eigenvalue weighted by Gasteiger charge is -2.29. The number of rotatable bonds is 8. The Bertz CT molecular complexity index is 487. The van der Waals surface area contributed by atoms with Crippen LogP contribution in [0, 0.1) is 0 Å². The minimum absolute atomic E-state index is 0.0825. The first-order valence-corrected chi connectivity index (χ1v) is 8.43. The van der Waals surface area contributed by atoms with E-state index in [1.54, 1.807) is 12.1 Å². The van der Waals surface area contributed by atoms with Crippen molar-refractivity contribution in [3.8, 4) is 5.75 Å². The van der Waals surface area contributed by atoms with Gasteiger partial charge in [-0.25, -0.2) is 0 Å². The van der Waals surface area contributed by atoms with Crippen LogP contribution in [0.5, 0.6) is 5.75 Å². The van der Waals surface area contributed by atoms with Crippen LogP contribution >= 0.6 is 0 Å². The van der Waals surface area contributed by atoms with Crippen LogP contribution in [0.1, 0.15) is 46.5 Å². The first-order chi connectivity index (χ1) is 10.9. The van der Waals surface area contributed by atoms with E-state index in [0.29, 0.717) is 0 Å². The van der Waals surface area contributed by atoms with Crippen LogP contribution in [0.15, 0.2) is 24.3 Å². The Hall–Kier alpha value is -1.36. The number of halogens is 2. The topological polar surface area (TPSA) is 21.7 Å². The predicted molar refractivity (Wildman–Crippen MR) is 88.4 cm³/mol. The monoisotopic (exact) mass is 327 g/mol. The third-order valence-corrected chi connectivity index (χ3v) is 4.37. The Labute approximate surface area is 137 Å². The van der Waals surface area contributed by atoms with Gasteiger partial charge in [-0.3, -0.25) is 0 Å². The zero-order valence-electron chi connectivity index (χ0n) is 14.3. The van der Waals surface area contributed by atoms with Gasteiger partial charge < -0.3 is 14.4 Å². The standard InChI is InChI=1S/C18H27F2NO2/c1-4-6-13-22-18(5-2)11-12-21(14-18)15-7-9-16(10-8-15)23-17(3,19)20/h7-10H,4-6,11-14H2,1-3H3. The fourth-order valence-corrected chi connectivity index (χ4v) is 2.94. The van der Waals surface area contributed by atoms with E-state index < -0.39 is 6.11 Å². The minimum Gasteiger partial charge on any atom is -0.433 e. The van der Waals surface area contributed by atoms with Gasteiger partial charge in [0, 0.05) is 32.3 Å². The molecule has 0 N–H and O–H groups in total. The number of unbranched alkanes of at least 4 members (excludes halogenated alkanes) is 1. The molecule has 1 atom stereocenters. The molecule has 1 aliphatic rings. The second kappa shape index (κ2) is 7.47. The van der Waals surface area contributed by atoms with Gasteiger partial charge >= 0.3 is 6.11 Å². The van der Waals surface area contributed by atoms with Gasteiger partial charge in [0.15, 0.2) is 0 Å². The summed E-state index contributed by atoms with van der Waals surface area (Å²) in [6, 6.07) is 6.85. The number of hydrogen-bond donors (Lipinski definition) is 0. The average Bonchev–Trinajstić information content (AvgIpc) is 2.92. The summed E-state index contributed by atoms with van der Waals surface area (Å²) in [5.41, 5.74) is 0.937. The van der Waals surface area contributed by atoms with Gasteiger partial charge in [-0.1, -0.05) is 20.3 Å². The van der Waals surface area contributed by atoms with Crippen LogP contribution in [-0.4, -0.2) is 31.4 Å². The Morgan fingerprint density at radius 2 is 1.91 bits per heavy atom. The molecule has 1 unspecified atom stereocenters. The zero-order chi connectivity index (χ0) is 16.9. The predicted octanol–water partition coefficient (Wildman–Crippen LogP) is 4.85. The first-order valence-electron chi connectivity index (χ1n) is 8.43. The fourth-order valence-electron chi connectivity index (χ4n) is 2.94. The van der Waals surface area contributed by atoms with E-state index in [4.69, 9.17) is 4.74 Å². The summed E-state index contributed by atoms with van der Waals surface area (Å²) in [4.78, 5) is 2.25. The smallest absolute Gasteiger partial charge is 0.394 e. The van der Waals surface area contributed by atoms with E-state index >= 15 is 0 Å². The second-order valence-corrected chi connectivity index (χ2v) is 6.31. The molecular formula is C18H27F2NO2. The molecule has 130 valence electrons. The normalized spacial score (nSPS) is 21.7. The Balaban J connectivity index is 1.97.